The minimum Gasteiger partial charge on any atom is -0.349 e. The van der Waals surface area contributed by atoms with E-state index in [4.69, 9.17) is 0 Å². The standard InChI is InChI=1S/C24H26N10O/c1-4-5-6-7-33-21-9-18(28-22(21)23(35)34-15(2)29-30-24(33)34)17-11-27-32(14-17)13-16-8-20-19(25-10-16)12-26-31(20)3/h8-12,14,28H,4-7,13H2,1-3H3. The molecule has 0 atom stereocenters. The fraction of sp³-hybridized carbons (Fsp3) is 0.333. The van der Waals surface area contributed by atoms with Gasteiger partial charge in [-0.05, 0) is 31.0 Å². The molecule has 0 aromatic carbocycles. The third-order valence-corrected chi connectivity index (χ3v) is 6.48. The Hall–Kier alpha value is -4.28. The van der Waals surface area contributed by atoms with Crippen LogP contribution in [0.4, 0.5) is 0 Å². The number of H-pyrrole nitrogens is 1. The van der Waals surface area contributed by atoms with Crippen molar-refractivity contribution in [2.24, 2.45) is 7.05 Å². The second-order valence-electron chi connectivity index (χ2n) is 8.93. The molecule has 0 saturated carbocycles. The zero-order chi connectivity index (χ0) is 24.1. The van der Waals surface area contributed by atoms with Gasteiger partial charge in [0.25, 0.3) is 5.56 Å². The Morgan fingerprint density at radius 1 is 1.03 bits per heavy atom. The number of aromatic nitrogens is 10. The van der Waals surface area contributed by atoms with Crippen LogP contribution in [0.1, 0.15) is 37.6 Å². The molecule has 0 aliphatic heterocycles. The molecule has 6 rings (SSSR count). The number of aryl methyl sites for hydroxylation is 3. The highest BCUT2D eigenvalue weighted by atomic mass is 16.1. The predicted octanol–water partition coefficient (Wildman–Crippen LogP) is 3.06. The lowest BCUT2D eigenvalue weighted by atomic mass is 10.2. The molecule has 0 saturated heterocycles. The zero-order valence-corrected chi connectivity index (χ0v) is 19.9. The smallest absolute Gasteiger partial charge is 0.284 e. The van der Waals surface area contributed by atoms with Gasteiger partial charge in [-0.25, -0.2) is 4.40 Å². The normalized spacial score (nSPS) is 12.0. The lowest BCUT2D eigenvalue weighted by Gasteiger charge is -2.09. The van der Waals surface area contributed by atoms with E-state index in [1.54, 1.807) is 17.5 Å². The summed E-state index contributed by atoms with van der Waals surface area (Å²) in [5.41, 5.74) is 5.87. The second-order valence-corrected chi connectivity index (χ2v) is 8.93. The Balaban J connectivity index is 1.38. The summed E-state index contributed by atoms with van der Waals surface area (Å²) < 4.78 is 7.36. The molecule has 6 aromatic heterocycles. The summed E-state index contributed by atoms with van der Waals surface area (Å²) in [5, 5.41) is 17.2. The number of aromatic amines is 1. The average Bonchev–Trinajstić information content (AvgIpc) is 3.63. The van der Waals surface area contributed by atoms with Crippen molar-refractivity contribution in [2.45, 2.75) is 46.2 Å². The van der Waals surface area contributed by atoms with Crippen LogP contribution < -0.4 is 5.56 Å². The van der Waals surface area contributed by atoms with Gasteiger partial charge in [0, 0.05) is 31.5 Å². The molecule has 1 N–H and O–H groups in total. The van der Waals surface area contributed by atoms with Crippen LogP contribution in [-0.2, 0) is 20.1 Å². The van der Waals surface area contributed by atoms with Crippen molar-refractivity contribution >= 4 is 27.8 Å². The highest BCUT2D eigenvalue weighted by Crippen LogP contribution is 2.24. The number of unbranched alkanes of at least 4 members (excludes halogenated alkanes) is 2. The first-order valence-electron chi connectivity index (χ1n) is 11.8. The van der Waals surface area contributed by atoms with Gasteiger partial charge >= 0.3 is 0 Å². The van der Waals surface area contributed by atoms with E-state index in [9.17, 15) is 4.79 Å². The molecule has 11 heteroatoms. The highest BCUT2D eigenvalue weighted by Gasteiger charge is 2.18. The van der Waals surface area contributed by atoms with Gasteiger partial charge in [-0.1, -0.05) is 19.8 Å². The molecule has 11 nitrogen and oxygen atoms in total. The maximum absolute atomic E-state index is 13.3. The van der Waals surface area contributed by atoms with E-state index in [1.807, 2.05) is 41.1 Å². The van der Waals surface area contributed by atoms with Crippen LogP contribution in [0.2, 0.25) is 0 Å². The van der Waals surface area contributed by atoms with Crippen LogP contribution >= 0.6 is 0 Å². The topological polar surface area (TPSA) is 117 Å². The average molecular weight is 471 g/mol. The molecule has 0 fully saturated rings. The van der Waals surface area contributed by atoms with Crippen LogP contribution in [-0.4, -0.2) is 48.7 Å². The summed E-state index contributed by atoms with van der Waals surface area (Å²) in [7, 11) is 1.91. The van der Waals surface area contributed by atoms with Crippen LogP contribution in [0.15, 0.2) is 41.7 Å². The summed E-state index contributed by atoms with van der Waals surface area (Å²) in [4.78, 5) is 21.1. The molecular weight excluding hydrogens is 444 g/mol. The molecule has 0 radical (unpaired) electrons. The van der Waals surface area contributed by atoms with Crippen molar-refractivity contribution in [1.29, 1.82) is 0 Å². The number of fused-ring (bicyclic) bond motifs is 3. The van der Waals surface area contributed by atoms with Gasteiger partial charge in [0.2, 0.25) is 5.78 Å². The van der Waals surface area contributed by atoms with Crippen LogP contribution in [0.3, 0.4) is 0 Å². The van der Waals surface area contributed by atoms with Crippen molar-refractivity contribution in [3.05, 3.63) is 58.7 Å². The van der Waals surface area contributed by atoms with Crippen molar-refractivity contribution in [3.63, 3.8) is 0 Å². The van der Waals surface area contributed by atoms with Gasteiger partial charge in [-0.15, -0.1) is 10.2 Å². The fourth-order valence-corrected chi connectivity index (χ4v) is 4.63. The molecular formula is C24H26N10O. The first-order chi connectivity index (χ1) is 17.0. The van der Waals surface area contributed by atoms with E-state index in [0.29, 0.717) is 23.7 Å². The van der Waals surface area contributed by atoms with Gasteiger partial charge in [0.15, 0.2) is 0 Å². The Morgan fingerprint density at radius 2 is 1.91 bits per heavy atom. The van der Waals surface area contributed by atoms with Crippen LogP contribution in [0.25, 0.3) is 39.1 Å². The Labute approximate surface area is 200 Å². The van der Waals surface area contributed by atoms with Crippen molar-refractivity contribution < 1.29 is 0 Å². The van der Waals surface area contributed by atoms with Gasteiger partial charge in [-0.2, -0.15) is 10.2 Å². The predicted molar refractivity (Wildman–Crippen MR) is 132 cm³/mol. The largest absolute Gasteiger partial charge is 0.349 e. The SMILES string of the molecule is CCCCCn1c2cc(-c3cnn(Cc4cnc5cnn(C)c5c4)c3)[nH]c2c(=O)n2c(C)nnc12. The quantitative estimate of drug-likeness (QED) is 0.359. The number of pyridine rings is 1. The van der Waals surface area contributed by atoms with E-state index in [0.717, 1.165) is 59.2 Å². The lowest BCUT2D eigenvalue weighted by molar-refractivity contribution is 0.615. The van der Waals surface area contributed by atoms with Crippen LogP contribution in [0.5, 0.6) is 0 Å². The number of hydrogen-bond acceptors (Lipinski definition) is 6. The van der Waals surface area contributed by atoms with Gasteiger partial charge in [-0.3, -0.25) is 19.1 Å². The number of hydrogen-bond donors (Lipinski definition) is 1. The van der Waals surface area contributed by atoms with E-state index in [1.165, 1.54) is 0 Å². The summed E-state index contributed by atoms with van der Waals surface area (Å²) in [6, 6.07) is 4.09. The summed E-state index contributed by atoms with van der Waals surface area (Å²) in [6.07, 6.45) is 10.6. The van der Waals surface area contributed by atoms with Crippen molar-refractivity contribution in [1.82, 2.24) is 48.7 Å². The highest BCUT2D eigenvalue weighted by molar-refractivity contribution is 5.83. The number of rotatable bonds is 7. The second kappa shape index (κ2) is 8.19. The molecule has 178 valence electrons. The minimum atomic E-state index is -0.140. The molecule has 0 aliphatic rings. The van der Waals surface area contributed by atoms with Crippen molar-refractivity contribution in [2.75, 3.05) is 0 Å². The molecule has 6 aromatic rings. The molecule has 0 aliphatic carbocycles. The molecule has 35 heavy (non-hydrogen) atoms. The van der Waals surface area contributed by atoms with E-state index in [-0.39, 0.29) is 5.56 Å². The first-order valence-corrected chi connectivity index (χ1v) is 11.8. The Kier molecular flexibility index (Phi) is 4.97. The summed E-state index contributed by atoms with van der Waals surface area (Å²) in [5.74, 6) is 1.16. The summed E-state index contributed by atoms with van der Waals surface area (Å²) >= 11 is 0. The molecule has 0 bridgehead atoms. The maximum atomic E-state index is 13.3. The van der Waals surface area contributed by atoms with E-state index in [2.05, 4.69) is 47.9 Å². The van der Waals surface area contributed by atoms with Crippen molar-refractivity contribution in [3.8, 4) is 11.3 Å². The van der Waals surface area contributed by atoms with Gasteiger partial charge in [0.05, 0.1) is 35.7 Å². The van der Waals surface area contributed by atoms with E-state index < -0.39 is 0 Å². The Morgan fingerprint density at radius 3 is 2.77 bits per heavy atom. The van der Waals surface area contributed by atoms with Gasteiger partial charge < -0.3 is 9.55 Å². The van der Waals surface area contributed by atoms with Gasteiger partial charge in [0.1, 0.15) is 16.9 Å². The molecule has 6 heterocycles. The van der Waals surface area contributed by atoms with Crippen LogP contribution in [0, 0.1) is 6.92 Å². The zero-order valence-electron chi connectivity index (χ0n) is 19.9. The molecule has 0 spiro atoms. The number of nitrogens with zero attached hydrogens (tertiary/aromatic N) is 9. The fourth-order valence-electron chi connectivity index (χ4n) is 4.63. The first kappa shape index (κ1) is 21.3. The number of nitrogens with one attached hydrogen (secondary N) is 1. The monoisotopic (exact) mass is 470 g/mol. The molecule has 0 amide bonds. The Bertz CT molecular complexity index is 1750. The summed E-state index contributed by atoms with van der Waals surface area (Å²) in [6.45, 7) is 5.33. The maximum Gasteiger partial charge on any atom is 0.284 e. The minimum absolute atomic E-state index is 0.140. The van der Waals surface area contributed by atoms with E-state index >= 15 is 0 Å². The third kappa shape index (κ3) is 3.50. The molecule has 0 unspecified atom stereocenters. The third-order valence-electron chi connectivity index (χ3n) is 6.48. The lowest BCUT2D eigenvalue weighted by Crippen LogP contribution is -2.19.